The molecule has 0 unspecified atom stereocenters. The topological polar surface area (TPSA) is 128 Å². The number of halogens is 1. The number of aliphatic hydroxyl groups is 1. The molecule has 2 aromatic carbocycles. The average molecular weight is 497 g/mol. The van der Waals surface area contributed by atoms with Gasteiger partial charge in [-0.2, -0.15) is 0 Å². The van der Waals surface area contributed by atoms with E-state index in [1.165, 1.54) is 48.4 Å². The number of likely N-dealkylation sites (tertiary alicyclic amines) is 1. The Labute approximate surface area is 205 Å². The lowest BCUT2D eigenvalue weighted by Gasteiger charge is -2.25. The van der Waals surface area contributed by atoms with Crippen molar-refractivity contribution in [1.29, 1.82) is 0 Å². The number of ketones is 1. The van der Waals surface area contributed by atoms with E-state index in [1.54, 1.807) is 24.8 Å². The second-order valence-corrected chi connectivity index (χ2v) is 8.26. The van der Waals surface area contributed by atoms with Gasteiger partial charge in [-0.15, -0.1) is 0 Å². The highest BCUT2D eigenvalue weighted by Gasteiger charge is 2.46. The number of benzene rings is 2. The van der Waals surface area contributed by atoms with Crippen molar-refractivity contribution in [3.8, 4) is 5.75 Å². The van der Waals surface area contributed by atoms with Crippen molar-refractivity contribution in [2.75, 3.05) is 13.7 Å². The monoisotopic (exact) mass is 496 g/mol. The molecule has 0 bridgehead atoms. The van der Waals surface area contributed by atoms with Crippen LogP contribution in [0.25, 0.3) is 5.76 Å². The minimum absolute atomic E-state index is 0.167. The predicted octanol–water partition coefficient (Wildman–Crippen LogP) is 3.97. The second-order valence-electron chi connectivity index (χ2n) is 7.85. The standard InChI is InChI=1S/C24H21ClN4O6/c1-35-19-7-6-16(13-18(19)25)22(30)20-21(15-4-2-5-17(12-15)29(33)34)28(24(32)23(20)31)10-3-9-27-11-8-26-14-27/h2,4-8,11-14,21,30H,3,9-10H2,1H3/b22-20+/t21-/m0/s1. The second kappa shape index (κ2) is 9.98. The molecular formula is C24H21ClN4O6. The first-order valence-electron chi connectivity index (χ1n) is 10.6. The van der Waals surface area contributed by atoms with Crippen molar-refractivity contribution in [2.45, 2.75) is 19.0 Å². The minimum Gasteiger partial charge on any atom is -0.507 e. The molecule has 0 radical (unpaired) electrons. The van der Waals surface area contributed by atoms with E-state index in [-0.39, 0.29) is 28.4 Å². The number of hydrogen-bond acceptors (Lipinski definition) is 7. The van der Waals surface area contributed by atoms with E-state index in [0.29, 0.717) is 24.3 Å². The van der Waals surface area contributed by atoms with Crippen molar-refractivity contribution >= 4 is 34.7 Å². The number of carbonyl (C=O) groups excluding carboxylic acids is 2. The van der Waals surface area contributed by atoms with Crippen molar-refractivity contribution in [1.82, 2.24) is 14.5 Å². The summed E-state index contributed by atoms with van der Waals surface area (Å²) in [6.07, 6.45) is 5.54. The number of amides is 1. The molecule has 2 heterocycles. The molecule has 1 fully saturated rings. The molecule has 1 N–H and O–H groups in total. The Morgan fingerprint density at radius 2 is 2.03 bits per heavy atom. The zero-order valence-corrected chi connectivity index (χ0v) is 19.4. The van der Waals surface area contributed by atoms with Crippen LogP contribution in [0.4, 0.5) is 5.69 Å². The van der Waals surface area contributed by atoms with E-state index >= 15 is 0 Å². The number of methoxy groups -OCH3 is 1. The summed E-state index contributed by atoms with van der Waals surface area (Å²) in [6.45, 7) is 0.717. The number of ether oxygens (including phenoxy) is 1. The van der Waals surface area contributed by atoms with Gasteiger partial charge in [-0.25, -0.2) is 4.98 Å². The van der Waals surface area contributed by atoms with Gasteiger partial charge in [0.1, 0.15) is 11.5 Å². The average Bonchev–Trinajstić information content (AvgIpc) is 3.46. The smallest absolute Gasteiger partial charge is 0.295 e. The highest BCUT2D eigenvalue weighted by molar-refractivity contribution is 6.46. The van der Waals surface area contributed by atoms with Crippen LogP contribution in [0.2, 0.25) is 5.02 Å². The summed E-state index contributed by atoms with van der Waals surface area (Å²) >= 11 is 6.20. The van der Waals surface area contributed by atoms with E-state index in [4.69, 9.17) is 16.3 Å². The SMILES string of the molecule is COc1ccc(/C(O)=C2\C(=O)C(=O)N(CCCn3ccnc3)[C@H]2c2cccc([N+](=O)[O-])c2)cc1Cl. The first kappa shape index (κ1) is 24.0. The third-order valence-electron chi connectivity index (χ3n) is 5.74. The van der Waals surface area contributed by atoms with Gasteiger partial charge >= 0.3 is 0 Å². The normalized spacial score (nSPS) is 17.1. The van der Waals surface area contributed by atoms with E-state index in [9.17, 15) is 24.8 Å². The molecule has 11 heteroatoms. The highest BCUT2D eigenvalue weighted by atomic mass is 35.5. The fourth-order valence-electron chi connectivity index (χ4n) is 4.08. The number of Topliss-reactive ketones (excluding diaryl/α,β-unsaturated/α-hetero) is 1. The number of hydrogen-bond donors (Lipinski definition) is 1. The fourth-order valence-corrected chi connectivity index (χ4v) is 4.34. The first-order valence-corrected chi connectivity index (χ1v) is 11.0. The van der Waals surface area contributed by atoms with Crippen LogP contribution in [0.3, 0.4) is 0 Å². The van der Waals surface area contributed by atoms with Gasteiger partial charge in [0.2, 0.25) is 0 Å². The van der Waals surface area contributed by atoms with Crippen molar-refractivity contribution < 1.29 is 24.4 Å². The molecule has 180 valence electrons. The van der Waals surface area contributed by atoms with E-state index in [0.717, 1.165) is 0 Å². The van der Waals surface area contributed by atoms with Gasteiger partial charge in [-0.3, -0.25) is 19.7 Å². The molecule has 35 heavy (non-hydrogen) atoms. The fraction of sp³-hybridized carbons (Fsp3) is 0.208. The quantitative estimate of drug-likeness (QED) is 0.164. The summed E-state index contributed by atoms with van der Waals surface area (Å²) in [4.78, 5) is 42.3. The van der Waals surface area contributed by atoms with Crippen LogP contribution in [-0.4, -0.2) is 49.8 Å². The van der Waals surface area contributed by atoms with Gasteiger partial charge in [0, 0.05) is 43.2 Å². The number of nitro groups is 1. The Bertz CT molecular complexity index is 1320. The number of nitro benzene ring substituents is 1. The summed E-state index contributed by atoms with van der Waals surface area (Å²) < 4.78 is 6.96. The first-order chi connectivity index (χ1) is 16.8. The molecule has 1 aromatic heterocycles. The van der Waals surface area contributed by atoms with Crippen LogP contribution in [0.15, 0.2) is 66.8 Å². The lowest BCUT2D eigenvalue weighted by Crippen LogP contribution is -2.31. The van der Waals surface area contributed by atoms with Crippen LogP contribution in [0.5, 0.6) is 5.75 Å². The van der Waals surface area contributed by atoms with Gasteiger partial charge in [0.15, 0.2) is 0 Å². The molecule has 1 amide bonds. The zero-order chi connectivity index (χ0) is 25.1. The molecule has 4 rings (SSSR count). The molecule has 10 nitrogen and oxygen atoms in total. The summed E-state index contributed by atoms with van der Waals surface area (Å²) in [6, 6.07) is 9.12. The number of rotatable bonds is 8. The summed E-state index contributed by atoms with van der Waals surface area (Å²) in [5, 5.41) is 22.7. The largest absolute Gasteiger partial charge is 0.507 e. The van der Waals surface area contributed by atoms with Crippen molar-refractivity contribution in [3.05, 3.63) is 93.0 Å². The summed E-state index contributed by atoms with van der Waals surface area (Å²) in [7, 11) is 1.44. The van der Waals surface area contributed by atoms with Crippen LogP contribution >= 0.6 is 11.6 Å². The molecule has 1 aliphatic heterocycles. The maximum absolute atomic E-state index is 13.1. The molecule has 0 saturated carbocycles. The van der Waals surface area contributed by atoms with Gasteiger partial charge in [-0.1, -0.05) is 23.7 Å². The number of aliphatic hydroxyl groups excluding tert-OH is 1. The van der Waals surface area contributed by atoms with Crippen LogP contribution in [0, 0.1) is 10.1 Å². The summed E-state index contributed by atoms with van der Waals surface area (Å²) in [5.41, 5.74) is 0.184. The molecule has 0 aliphatic carbocycles. The van der Waals surface area contributed by atoms with Gasteiger partial charge in [-0.05, 0) is 30.2 Å². The lowest BCUT2D eigenvalue weighted by molar-refractivity contribution is -0.384. The van der Waals surface area contributed by atoms with Crippen LogP contribution in [-0.2, 0) is 16.1 Å². The Morgan fingerprint density at radius 1 is 1.23 bits per heavy atom. The number of aromatic nitrogens is 2. The molecule has 0 spiro atoms. The number of carbonyl (C=O) groups is 2. The van der Waals surface area contributed by atoms with Crippen molar-refractivity contribution in [2.24, 2.45) is 0 Å². The number of aryl methyl sites for hydroxylation is 1. The minimum atomic E-state index is -1.02. The maximum Gasteiger partial charge on any atom is 0.295 e. The Hall–Kier alpha value is -4.18. The van der Waals surface area contributed by atoms with Gasteiger partial charge in [0.05, 0.1) is 35.0 Å². The van der Waals surface area contributed by atoms with Gasteiger partial charge < -0.3 is 19.3 Å². The van der Waals surface area contributed by atoms with Crippen LogP contribution < -0.4 is 4.74 Å². The van der Waals surface area contributed by atoms with E-state index in [2.05, 4.69) is 4.98 Å². The highest BCUT2D eigenvalue weighted by Crippen LogP contribution is 2.41. The van der Waals surface area contributed by atoms with E-state index in [1.807, 2.05) is 4.57 Å². The number of imidazole rings is 1. The molecule has 1 saturated heterocycles. The van der Waals surface area contributed by atoms with Crippen LogP contribution in [0.1, 0.15) is 23.6 Å². The number of nitrogens with zero attached hydrogens (tertiary/aromatic N) is 4. The third-order valence-corrected chi connectivity index (χ3v) is 6.03. The predicted molar refractivity (Wildman–Crippen MR) is 127 cm³/mol. The lowest BCUT2D eigenvalue weighted by atomic mass is 9.95. The van der Waals surface area contributed by atoms with E-state index < -0.39 is 28.4 Å². The summed E-state index contributed by atoms with van der Waals surface area (Å²) in [5.74, 6) is -1.73. The van der Waals surface area contributed by atoms with Crippen molar-refractivity contribution in [3.63, 3.8) is 0 Å². The Balaban J connectivity index is 1.78. The number of non-ortho nitro benzene ring substituents is 1. The molecule has 1 atom stereocenters. The molecule has 1 aliphatic rings. The zero-order valence-electron chi connectivity index (χ0n) is 18.6. The maximum atomic E-state index is 13.1. The molecule has 3 aromatic rings. The van der Waals surface area contributed by atoms with Gasteiger partial charge in [0.25, 0.3) is 17.4 Å². The molecular weight excluding hydrogens is 476 g/mol. The Kier molecular flexibility index (Phi) is 6.83. The Morgan fingerprint density at radius 3 is 2.69 bits per heavy atom. The third kappa shape index (κ3) is 4.73.